The summed E-state index contributed by atoms with van der Waals surface area (Å²) in [6.45, 7) is 2.53. The maximum Gasteiger partial charge on any atom is 0.417 e. The average Bonchev–Trinajstić information content (AvgIpc) is 2.61. The second kappa shape index (κ2) is 10.4. The predicted octanol–water partition coefficient (Wildman–Crippen LogP) is 4.45. The van der Waals surface area contributed by atoms with Gasteiger partial charge in [0.1, 0.15) is 12.4 Å². The van der Waals surface area contributed by atoms with Gasteiger partial charge in [-0.3, -0.25) is 0 Å². The van der Waals surface area contributed by atoms with Crippen molar-refractivity contribution in [3.8, 4) is 5.75 Å². The molecule has 0 aliphatic carbocycles. The van der Waals surface area contributed by atoms with E-state index in [1.807, 2.05) is 30.3 Å². The first kappa shape index (κ1) is 17.1. The lowest BCUT2D eigenvalue weighted by atomic mass is 10.1. The van der Waals surface area contributed by atoms with Crippen LogP contribution in [0.3, 0.4) is 0 Å². The third-order valence-corrected chi connectivity index (χ3v) is 3.69. The summed E-state index contributed by atoms with van der Waals surface area (Å²) in [5.74, 6) is 0.903. The van der Waals surface area contributed by atoms with Gasteiger partial charge in [0.05, 0.1) is 6.61 Å². The van der Waals surface area contributed by atoms with Crippen molar-refractivity contribution in [2.45, 2.75) is 38.7 Å². The lowest BCUT2D eigenvalue weighted by Gasteiger charge is -2.07. The molecule has 23 heavy (non-hydrogen) atoms. The van der Waals surface area contributed by atoms with Gasteiger partial charge in [-0.1, -0.05) is 55.3 Å². The number of aryl methyl sites for hydroxylation is 1. The van der Waals surface area contributed by atoms with Crippen molar-refractivity contribution < 1.29 is 14.3 Å². The first-order valence-corrected chi connectivity index (χ1v) is 8.13. The lowest BCUT2D eigenvalue weighted by molar-refractivity contribution is 0.269. The van der Waals surface area contributed by atoms with E-state index in [4.69, 9.17) is 4.74 Å². The first-order chi connectivity index (χ1) is 11.4. The van der Waals surface area contributed by atoms with E-state index in [9.17, 15) is 4.79 Å². The highest BCUT2D eigenvalue weighted by molar-refractivity contribution is 5.38. The molecule has 2 aromatic carbocycles. The predicted molar refractivity (Wildman–Crippen MR) is 91.0 cm³/mol. The van der Waals surface area contributed by atoms with Crippen molar-refractivity contribution in [1.82, 2.24) is 0 Å². The second-order valence-electron chi connectivity index (χ2n) is 5.51. The largest absolute Gasteiger partial charge is 0.489 e. The molecule has 2 rings (SSSR count). The molecular formula is C20H23O3. The Labute approximate surface area is 138 Å². The van der Waals surface area contributed by atoms with Crippen molar-refractivity contribution in [3.05, 3.63) is 65.7 Å². The number of hydrogen-bond donors (Lipinski definition) is 0. The Hall–Kier alpha value is -2.29. The quantitative estimate of drug-likeness (QED) is 0.575. The molecule has 0 N–H and O–H groups in total. The highest BCUT2D eigenvalue weighted by atomic mass is 16.5. The Morgan fingerprint density at radius 1 is 0.783 bits per heavy atom. The third kappa shape index (κ3) is 7.00. The lowest BCUT2D eigenvalue weighted by Crippen LogP contribution is -1.95. The highest BCUT2D eigenvalue weighted by Gasteiger charge is 1.98. The molecule has 2 aromatic rings. The zero-order valence-corrected chi connectivity index (χ0v) is 13.4. The van der Waals surface area contributed by atoms with Gasteiger partial charge in [-0.25, -0.2) is 4.79 Å². The molecule has 0 saturated carbocycles. The Kier molecular flexibility index (Phi) is 7.75. The molecule has 0 saturated heterocycles. The molecule has 0 fully saturated rings. The Bertz CT molecular complexity index is 549. The normalized spacial score (nSPS) is 10.3. The fraction of sp³-hybridized carbons (Fsp3) is 0.350. The minimum atomic E-state index is 0.483. The Morgan fingerprint density at radius 2 is 1.52 bits per heavy atom. The molecule has 3 heteroatoms. The molecule has 3 nitrogen and oxygen atoms in total. The molecule has 0 atom stereocenters. The maximum atomic E-state index is 9.88. The van der Waals surface area contributed by atoms with Crippen LogP contribution in [0.1, 0.15) is 36.8 Å². The summed E-state index contributed by atoms with van der Waals surface area (Å²) < 4.78 is 10.3. The van der Waals surface area contributed by atoms with Crippen molar-refractivity contribution in [3.63, 3.8) is 0 Å². The number of unbranched alkanes of at least 4 members (excludes halogenated alkanes) is 3. The van der Waals surface area contributed by atoms with Gasteiger partial charge in [-0.05, 0) is 42.5 Å². The van der Waals surface area contributed by atoms with Gasteiger partial charge in [0.25, 0.3) is 0 Å². The number of rotatable bonds is 11. The van der Waals surface area contributed by atoms with E-state index in [-0.39, 0.29) is 0 Å². The van der Waals surface area contributed by atoms with Crippen LogP contribution in [0.25, 0.3) is 0 Å². The number of carbonyl (C=O) groups excluding carboxylic acids is 1. The van der Waals surface area contributed by atoms with Gasteiger partial charge in [0.15, 0.2) is 0 Å². The molecule has 121 valence electrons. The summed E-state index contributed by atoms with van der Waals surface area (Å²) >= 11 is 0. The first-order valence-electron chi connectivity index (χ1n) is 8.13. The SMILES string of the molecule is O=[C]OCCCCCCc1ccc(OCc2ccccc2)cc1. The van der Waals surface area contributed by atoms with E-state index >= 15 is 0 Å². The number of ether oxygens (including phenoxy) is 2. The van der Waals surface area contributed by atoms with Crippen LogP contribution in [-0.2, 0) is 22.6 Å². The van der Waals surface area contributed by atoms with Crippen LogP contribution in [0.4, 0.5) is 0 Å². The average molecular weight is 311 g/mol. The molecule has 0 unspecified atom stereocenters. The highest BCUT2D eigenvalue weighted by Crippen LogP contribution is 2.16. The summed E-state index contributed by atoms with van der Waals surface area (Å²) in [5, 5.41) is 0. The molecular weight excluding hydrogens is 288 g/mol. The van der Waals surface area contributed by atoms with Crippen LogP contribution in [-0.4, -0.2) is 13.1 Å². The fourth-order valence-corrected chi connectivity index (χ4v) is 2.39. The second-order valence-corrected chi connectivity index (χ2v) is 5.51. The molecule has 0 heterocycles. The van der Waals surface area contributed by atoms with Crippen LogP contribution in [0.2, 0.25) is 0 Å². The van der Waals surface area contributed by atoms with Gasteiger partial charge in [0, 0.05) is 0 Å². The Morgan fingerprint density at radius 3 is 2.26 bits per heavy atom. The van der Waals surface area contributed by atoms with Crippen LogP contribution < -0.4 is 4.74 Å². The van der Waals surface area contributed by atoms with Gasteiger partial charge in [-0.2, -0.15) is 0 Å². The van der Waals surface area contributed by atoms with Gasteiger partial charge < -0.3 is 9.47 Å². The van der Waals surface area contributed by atoms with E-state index in [2.05, 4.69) is 29.0 Å². The molecule has 0 spiro atoms. The van der Waals surface area contributed by atoms with Gasteiger partial charge in [0.2, 0.25) is 0 Å². The van der Waals surface area contributed by atoms with E-state index in [0.29, 0.717) is 13.2 Å². The van der Waals surface area contributed by atoms with Gasteiger partial charge >= 0.3 is 6.47 Å². The van der Waals surface area contributed by atoms with E-state index in [1.54, 1.807) is 0 Å². The summed E-state index contributed by atoms with van der Waals surface area (Å²) in [7, 11) is 0. The minimum Gasteiger partial charge on any atom is -0.489 e. The number of benzene rings is 2. The summed E-state index contributed by atoms with van der Waals surface area (Å²) in [4.78, 5) is 9.88. The van der Waals surface area contributed by atoms with Crippen molar-refractivity contribution in [2.75, 3.05) is 6.61 Å². The topological polar surface area (TPSA) is 35.5 Å². The van der Waals surface area contributed by atoms with E-state index < -0.39 is 0 Å². The monoisotopic (exact) mass is 311 g/mol. The summed E-state index contributed by atoms with van der Waals surface area (Å²) in [6.07, 6.45) is 5.37. The molecule has 0 amide bonds. The van der Waals surface area contributed by atoms with E-state index in [1.165, 1.54) is 17.6 Å². The zero-order valence-electron chi connectivity index (χ0n) is 13.4. The van der Waals surface area contributed by atoms with Crippen molar-refractivity contribution in [2.24, 2.45) is 0 Å². The Balaban J connectivity index is 1.63. The van der Waals surface area contributed by atoms with E-state index in [0.717, 1.165) is 37.9 Å². The summed E-state index contributed by atoms with van der Waals surface area (Å²) in [5.41, 5.74) is 2.50. The van der Waals surface area contributed by atoms with Crippen molar-refractivity contribution >= 4 is 6.47 Å². The van der Waals surface area contributed by atoms with Crippen LogP contribution in [0.15, 0.2) is 54.6 Å². The molecule has 0 bridgehead atoms. The van der Waals surface area contributed by atoms with Crippen molar-refractivity contribution in [1.29, 1.82) is 0 Å². The molecule has 0 aliphatic heterocycles. The van der Waals surface area contributed by atoms with Crippen LogP contribution in [0, 0.1) is 0 Å². The smallest absolute Gasteiger partial charge is 0.417 e. The standard InChI is InChI=1S/C20H23O3/c21-17-22-15-7-2-1-4-8-18-11-13-20(14-12-18)23-16-19-9-5-3-6-10-19/h3,5-6,9-14H,1-2,4,7-8,15-16H2. The third-order valence-electron chi connectivity index (χ3n) is 3.69. The van der Waals surface area contributed by atoms with Crippen LogP contribution in [0.5, 0.6) is 5.75 Å². The molecule has 1 radical (unpaired) electrons. The maximum absolute atomic E-state index is 9.88. The van der Waals surface area contributed by atoms with Gasteiger partial charge in [-0.15, -0.1) is 0 Å². The fourth-order valence-electron chi connectivity index (χ4n) is 2.39. The van der Waals surface area contributed by atoms with Crippen LogP contribution >= 0.6 is 0 Å². The zero-order chi connectivity index (χ0) is 16.2. The summed E-state index contributed by atoms with van der Waals surface area (Å²) in [6, 6.07) is 18.5. The molecule has 0 aliphatic rings. The molecule has 0 aromatic heterocycles. The minimum absolute atomic E-state index is 0.483. The number of hydrogen-bond acceptors (Lipinski definition) is 3.